The lowest BCUT2D eigenvalue weighted by Gasteiger charge is -2.18. The number of aliphatic hydroxyl groups excluding tert-OH is 1. The fourth-order valence-corrected chi connectivity index (χ4v) is 2.62. The van der Waals surface area contributed by atoms with Gasteiger partial charge in [0.25, 0.3) is 0 Å². The molecule has 1 N–H and O–H groups in total. The Balaban J connectivity index is 1.61. The molecule has 13 heavy (non-hydrogen) atoms. The van der Waals surface area contributed by atoms with Crippen LogP contribution in [-0.2, 0) is 4.74 Å². The number of methoxy groups -OCH3 is 1. The maximum absolute atomic E-state index is 8.97. The van der Waals surface area contributed by atoms with Gasteiger partial charge >= 0.3 is 0 Å². The van der Waals surface area contributed by atoms with Crippen molar-refractivity contribution in [3.05, 3.63) is 0 Å². The molecule has 0 amide bonds. The molecule has 2 atom stereocenters. The Hall–Kier alpha value is -0.120. The van der Waals surface area contributed by atoms with Gasteiger partial charge < -0.3 is 14.7 Å². The van der Waals surface area contributed by atoms with Crippen LogP contribution in [0.3, 0.4) is 0 Å². The number of nitrogens with zero attached hydrogens (tertiary/aromatic N) is 1. The molecule has 0 bridgehead atoms. The Kier molecular flexibility index (Phi) is 2.86. The first-order chi connectivity index (χ1) is 6.36. The first kappa shape index (κ1) is 9.44. The normalized spacial score (nSPS) is 37.8. The minimum Gasteiger partial charge on any atom is -0.396 e. The Morgan fingerprint density at radius 2 is 2.08 bits per heavy atom. The summed E-state index contributed by atoms with van der Waals surface area (Å²) < 4.78 is 5.02. The summed E-state index contributed by atoms with van der Waals surface area (Å²) in [4.78, 5) is 2.50. The van der Waals surface area contributed by atoms with E-state index >= 15 is 0 Å². The van der Waals surface area contributed by atoms with Crippen LogP contribution in [0.5, 0.6) is 0 Å². The Morgan fingerprint density at radius 3 is 2.62 bits per heavy atom. The van der Waals surface area contributed by atoms with Gasteiger partial charge in [0, 0.05) is 40.0 Å². The molecule has 2 aliphatic rings. The van der Waals surface area contributed by atoms with Crippen molar-refractivity contribution in [2.45, 2.75) is 6.42 Å². The Labute approximate surface area is 79.7 Å². The van der Waals surface area contributed by atoms with Crippen LogP contribution in [0.25, 0.3) is 0 Å². The van der Waals surface area contributed by atoms with Crippen molar-refractivity contribution in [2.24, 2.45) is 17.8 Å². The van der Waals surface area contributed by atoms with Crippen molar-refractivity contribution in [3.63, 3.8) is 0 Å². The molecular formula is C10H19NO2. The maximum atomic E-state index is 8.97. The molecule has 76 valence electrons. The third kappa shape index (κ3) is 1.87. The summed E-state index contributed by atoms with van der Waals surface area (Å²) in [6.45, 7) is 4.86. The Morgan fingerprint density at radius 1 is 1.38 bits per heavy atom. The summed E-state index contributed by atoms with van der Waals surface area (Å²) in [5.74, 6) is 2.26. The zero-order valence-electron chi connectivity index (χ0n) is 8.28. The maximum Gasteiger partial charge on any atom is 0.0474 e. The molecule has 0 radical (unpaired) electrons. The van der Waals surface area contributed by atoms with Crippen LogP contribution < -0.4 is 0 Å². The van der Waals surface area contributed by atoms with Crippen molar-refractivity contribution in [1.82, 2.24) is 4.90 Å². The van der Waals surface area contributed by atoms with Crippen molar-refractivity contribution < 1.29 is 9.84 Å². The predicted octanol–water partition coefficient (Wildman–Crippen LogP) is 0.193. The molecule has 3 heteroatoms. The van der Waals surface area contributed by atoms with Gasteiger partial charge in [-0.1, -0.05) is 0 Å². The monoisotopic (exact) mass is 185 g/mol. The van der Waals surface area contributed by atoms with E-state index in [4.69, 9.17) is 9.84 Å². The minimum atomic E-state index is 0.404. The van der Waals surface area contributed by atoms with Gasteiger partial charge in [0.2, 0.25) is 0 Å². The first-order valence-electron chi connectivity index (χ1n) is 5.19. The highest BCUT2D eigenvalue weighted by atomic mass is 16.5. The molecule has 1 heterocycles. The van der Waals surface area contributed by atoms with E-state index in [-0.39, 0.29) is 0 Å². The second-order valence-corrected chi connectivity index (χ2v) is 4.28. The molecular weight excluding hydrogens is 166 g/mol. The molecule has 2 unspecified atom stereocenters. The largest absolute Gasteiger partial charge is 0.396 e. The van der Waals surface area contributed by atoms with E-state index in [1.807, 2.05) is 0 Å². The summed E-state index contributed by atoms with van der Waals surface area (Å²) in [6.07, 6.45) is 1.14. The molecule has 2 rings (SSSR count). The third-order valence-electron chi connectivity index (χ3n) is 3.48. The van der Waals surface area contributed by atoms with Crippen LogP contribution in [0, 0.1) is 17.8 Å². The van der Waals surface area contributed by atoms with Gasteiger partial charge in [-0.2, -0.15) is 0 Å². The van der Waals surface area contributed by atoms with E-state index in [2.05, 4.69) is 4.90 Å². The highest BCUT2D eigenvalue weighted by Gasteiger charge is 2.54. The van der Waals surface area contributed by atoms with E-state index in [9.17, 15) is 0 Å². The topological polar surface area (TPSA) is 32.7 Å². The molecule has 2 fully saturated rings. The van der Waals surface area contributed by atoms with E-state index in [1.54, 1.807) is 7.11 Å². The van der Waals surface area contributed by atoms with Crippen molar-refractivity contribution in [2.75, 3.05) is 40.0 Å². The van der Waals surface area contributed by atoms with Crippen molar-refractivity contribution in [1.29, 1.82) is 0 Å². The van der Waals surface area contributed by atoms with Gasteiger partial charge in [-0.05, 0) is 24.2 Å². The molecule has 0 aromatic heterocycles. The molecule has 1 saturated carbocycles. The van der Waals surface area contributed by atoms with E-state index in [1.165, 1.54) is 19.6 Å². The van der Waals surface area contributed by atoms with Gasteiger partial charge in [-0.3, -0.25) is 0 Å². The third-order valence-corrected chi connectivity index (χ3v) is 3.48. The van der Waals surface area contributed by atoms with E-state index < -0.39 is 0 Å². The van der Waals surface area contributed by atoms with Crippen LogP contribution >= 0.6 is 0 Å². The minimum absolute atomic E-state index is 0.404. The predicted molar refractivity (Wildman–Crippen MR) is 50.5 cm³/mol. The average molecular weight is 185 g/mol. The van der Waals surface area contributed by atoms with Crippen LogP contribution in [0.4, 0.5) is 0 Å². The van der Waals surface area contributed by atoms with Crippen LogP contribution in [0.2, 0.25) is 0 Å². The second-order valence-electron chi connectivity index (χ2n) is 4.28. The molecule has 1 aliphatic heterocycles. The van der Waals surface area contributed by atoms with Crippen LogP contribution in [-0.4, -0.2) is 50.0 Å². The highest BCUT2D eigenvalue weighted by molar-refractivity contribution is 5.04. The quantitative estimate of drug-likeness (QED) is 0.621. The zero-order chi connectivity index (χ0) is 9.26. The van der Waals surface area contributed by atoms with Gasteiger partial charge in [-0.25, -0.2) is 0 Å². The molecule has 0 aromatic rings. The van der Waals surface area contributed by atoms with E-state index in [0.717, 1.165) is 24.9 Å². The highest BCUT2D eigenvalue weighted by Crippen LogP contribution is 2.51. The molecule has 1 aliphatic carbocycles. The lowest BCUT2D eigenvalue weighted by atomic mass is 10.2. The molecule has 3 nitrogen and oxygen atoms in total. The van der Waals surface area contributed by atoms with Crippen molar-refractivity contribution >= 4 is 0 Å². The smallest absolute Gasteiger partial charge is 0.0474 e. The van der Waals surface area contributed by atoms with Gasteiger partial charge in [0.05, 0.1) is 0 Å². The lowest BCUT2D eigenvalue weighted by molar-refractivity contribution is 0.169. The summed E-state index contributed by atoms with van der Waals surface area (Å²) in [7, 11) is 1.75. The lowest BCUT2D eigenvalue weighted by Crippen LogP contribution is -2.26. The number of likely N-dealkylation sites (tertiary alicyclic amines) is 1. The first-order valence-corrected chi connectivity index (χ1v) is 5.19. The average Bonchev–Trinajstić information content (AvgIpc) is 2.61. The standard InChI is InChI=1S/C10H19NO2/c1-13-4-2-3-11-5-8-9(6-11)10(8)7-12/h8-10,12H,2-7H2,1H3. The van der Waals surface area contributed by atoms with Crippen LogP contribution in [0.1, 0.15) is 6.42 Å². The summed E-state index contributed by atoms with van der Waals surface area (Å²) in [5, 5.41) is 8.97. The zero-order valence-corrected chi connectivity index (χ0v) is 8.28. The number of rotatable bonds is 5. The van der Waals surface area contributed by atoms with E-state index in [0.29, 0.717) is 12.5 Å². The molecule has 0 aromatic carbocycles. The number of ether oxygens (including phenoxy) is 1. The van der Waals surface area contributed by atoms with Crippen molar-refractivity contribution in [3.8, 4) is 0 Å². The van der Waals surface area contributed by atoms with Gasteiger partial charge in [-0.15, -0.1) is 0 Å². The fourth-order valence-electron chi connectivity index (χ4n) is 2.62. The second kappa shape index (κ2) is 3.95. The summed E-state index contributed by atoms with van der Waals surface area (Å²) in [6, 6.07) is 0. The number of hydrogen-bond acceptors (Lipinski definition) is 3. The SMILES string of the molecule is COCCCN1CC2C(CO)C2C1. The number of aliphatic hydroxyl groups is 1. The number of fused-ring (bicyclic) bond motifs is 1. The summed E-state index contributed by atoms with van der Waals surface area (Å²) in [5.41, 5.74) is 0. The van der Waals surface area contributed by atoms with Crippen LogP contribution in [0.15, 0.2) is 0 Å². The fraction of sp³-hybridized carbons (Fsp3) is 1.00. The number of piperidine rings is 1. The molecule has 0 spiro atoms. The summed E-state index contributed by atoms with van der Waals surface area (Å²) >= 11 is 0. The molecule has 1 saturated heterocycles. The van der Waals surface area contributed by atoms with Gasteiger partial charge in [0.15, 0.2) is 0 Å². The van der Waals surface area contributed by atoms with Gasteiger partial charge in [0.1, 0.15) is 0 Å². The Bertz CT molecular complexity index is 162. The number of hydrogen-bond donors (Lipinski definition) is 1.